The lowest BCUT2D eigenvalue weighted by molar-refractivity contribution is 0.112. The van der Waals surface area contributed by atoms with Crippen LogP contribution in [0.4, 0.5) is 0 Å². The third kappa shape index (κ3) is 1.58. The number of rotatable bonds is 2. The summed E-state index contributed by atoms with van der Waals surface area (Å²) in [7, 11) is 0. The topological polar surface area (TPSA) is 34.9 Å². The Balaban J connectivity index is 2.00. The van der Waals surface area contributed by atoms with Crippen molar-refractivity contribution in [2.24, 2.45) is 0 Å². The number of aromatic nitrogens is 2. The minimum absolute atomic E-state index is 0.673. The van der Waals surface area contributed by atoms with E-state index in [4.69, 9.17) is 0 Å². The van der Waals surface area contributed by atoms with Gasteiger partial charge in [0.25, 0.3) is 0 Å². The van der Waals surface area contributed by atoms with Crippen molar-refractivity contribution >= 4 is 37.9 Å². The fraction of sp³-hybridized carbons (Fsp3) is 0. The molecule has 0 N–H and O–H groups in total. The standard InChI is InChI=1S/C16H10N2OS/c19-10-11-5-7-12(8-6-11)18-16-13-3-1-2-4-14(13)20-15(16)9-17-18/h1-10H. The fourth-order valence-corrected chi connectivity index (χ4v) is 3.47. The number of aldehydes is 1. The number of nitrogens with zero attached hydrogens (tertiary/aromatic N) is 2. The molecule has 4 aromatic rings. The molecule has 2 aromatic carbocycles. The molecule has 0 saturated carbocycles. The lowest BCUT2D eigenvalue weighted by Crippen LogP contribution is -1.95. The molecule has 3 nitrogen and oxygen atoms in total. The van der Waals surface area contributed by atoms with Crippen LogP contribution in [0.5, 0.6) is 0 Å². The van der Waals surface area contributed by atoms with Gasteiger partial charge in [0.05, 0.1) is 22.1 Å². The second kappa shape index (κ2) is 4.28. The van der Waals surface area contributed by atoms with Crippen LogP contribution in [0.2, 0.25) is 0 Å². The van der Waals surface area contributed by atoms with Gasteiger partial charge in [-0.2, -0.15) is 5.10 Å². The Hall–Kier alpha value is -2.46. The van der Waals surface area contributed by atoms with Gasteiger partial charge in [0.15, 0.2) is 0 Å². The molecular weight excluding hydrogens is 268 g/mol. The van der Waals surface area contributed by atoms with Crippen LogP contribution in [0.15, 0.2) is 54.7 Å². The average Bonchev–Trinajstić information content (AvgIpc) is 3.06. The zero-order valence-corrected chi connectivity index (χ0v) is 11.3. The van der Waals surface area contributed by atoms with Crippen LogP contribution in [0, 0.1) is 0 Å². The molecule has 0 amide bonds. The Kier molecular flexibility index (Phi) is 2.44. The number of thiophene rings is 1. The minimum Gasteiger partial charge on any atom is -0.298 e. The van der Waals surface area contributed by atoms with Gasteiger partial charge in [-0.25, -0.2) is 4.68 Å². The lowest BCUT2D eigenvalue weighted by Gasteiger charge is -2.03. The first-order chi connectivity index (χ1) is 9.86. The number of carbonyl (C=O) groups is 1. The Morgan fingerprint density at radius 2 is 1.80 bits per heavy atom. The van der Waals surface area contributed by atoms with Gasteiger partial charge >= 0.3 is 0 Å². The van der Waals surface area contributed by atoms with Crippen LogP contribution < -0.4 is 0 Å². The highest BCUT2D eigenvalue weighted by Crippen LogP contribution is 2.34. The number of hydrogen-bond donors (Lipinski definition) is 0. The normalized spacial score (nSPS) is 11.2. The predicted octanol–water partition coefficient (Wildman–Crippen LogP) is 4.05. The second-order valence-electron chi connectivity index (χ2n) is 4.58. The second-order valence-corrected chi connectivity index (χ2v) is 5.66. The Morgan fingerprint density at radius 1 is 1.00 bits per heavy atom. The van der Waals surface area contributed by atoms with E-state index in [-0.39, 0.29) is 0 Å². The Morgan fingerprint density at radius 3 is 2.60 bits per heavy atom. The predicted molar refractivity (Wildman–Crippen MR) is 81.8 cm³/mol. The molecular formula is C16H10N2OS. The van der Waals surface area contributed by atoms with E-state index >= 15 is 0 Å². The summed E-state index contributed by atoms with van der Waals surface area (Å²) in [6.07, 6.45) is 2.75. The zero-order chi connectivity index (χ0) is 13.5. The first kappa shape index (κ1) is 11.4. The van der Waals surface area contributed by atoms with Crippen molar-refractivity contribution in [1.29, 1.82) is 0 Å². The molecule has 2 aromatic heterocycles. The third-order valence-corrected chi connectivity index (χ3v) is 4.47. The third-order valence-electron chi connectivity index (χ3n) is 3.37. The molecule has 0 aliphatic carbocycles. The first-order valence-corrected chi connectivity index (χ1v) is 7.09. The van der Waals surface area contributed by atoms with Crippen LogP contribution in [0.1, 0.15) is 10.4 Å². The smallest absolute Gasteiger partial charge is 0.150 e. The largest absolute Gasteiger partial charge is 0.298 e. The van der Waals surface area contributed by atoms with Gasteiger partial charge in [0.1, 0.15) is 6.29 Å². The van der Waals surface area contributed by atoms with E-state index in [1.807, 2.05) is 47.3 Å². The lowest BCUT2D eigenvalue weighted by atomic mass is 10.2. The highest BCUT2D eigenvalue weighted by molar-refractivity contribution is 7.25. The molecule has 96 valence electrons. The molecule has 0 spiro atoms. The van der Waals surface area contributed by atoms with E-state index in [1.165, 1.54) is 14.8 Å². The first-order valence-electron chi connectivity index (χ1n) is 6.28. The number of hydrogen-bond acceptors (Lipinski definition) is 3. The summed E-state index contributed by atoms with van der Waals surface area (Å²) in [4.78, 5) is 10.7. The average molecular weight is 278 g/mol. The van der Waals surface area contributed by atoms with Gasteiger partial charge in [-0.3, -0.25) is 4.79 Å². The molecule has 0 aliphatic rings. The van der Waals surface area contributed by atoms with Crippen molar-refractivity contribution in [2.45, 2.75) is 0 Å². The Labute approximate surface area is 119 Å². The van der Waals surface area contributed by atoms with E-state index in [2.05, 4.69) is 17.2 Å². The maximum atomic E-state index is 10.7. The van der Waals surface area contributed by atoms with Gasteiger partial charge in [0.2, 0.25) is 0 Å². The van der Waals surface area contributed by atoms with Crippen LogP contribution in [0.3, 0.4) is 0 Å². The molecule has 20 heavy (non-hydrogen) atoms. The van der Waals surface area contributed by atoms with Gasteiger partial charge in [0, 0.05) is 15.6 Å². The summed E-state index contributed by atoms with van der Waals surface area (Å²) in [5, 5.41) is 5.68. The van der Waals surface area contributed by atoms with E-state index in [1.54, 1.807) is 11.3 Å². The van der Waals surface area contributed by atoms with Crippen molar-refractivity contribution in [3.8, 4) is 5.69 Å². The van der Waals surface area contributed by atoms with Gasteiger partial charge in [-0.15, -0.1) is 11.3 Å². The summed E-state index contributed by atoms with van der Waals surface area (Å²) in [6, 6.07) is 15.8. The Bertz CT molecular complexity index is 919. The van der Waals surface area contributed by atoms with E-state index < -0.39 is 0 Å². The summed E-state index contributed by atoms with van der Waals surface area (Å²) >= 11 is 1.75. The molecule has 0 saturated heterocycles. The number of carbonyl (C=O) groups excluding carboxylic acids is 1. The van der Waals surface area contributed by atoms with E-state index in [9.17, 15) is 4.79 Å². The maximum absolute atomic E-state index is 10.7. The summed E-state index contributed by atoms with van der Waals surface area (Å²) in [5.41, 5.74) is 2.77. The highest BCUT2D eigenvalue weighted by atomic mass is 32.1. The van der Waals surface area contributed by atoms with E-state index in [0.717, 1.165) is 17.5 Å². The van der Waals surface area contributed by atoms with Crippen LogP contribution in [-0.4, -0.2) is 16.1 Å². The van der Waals surface area contributed by atoms with Crippen molar-refractivity contribution < 1.29 is 4.79 Å². The molecule has 0 fully saturated rings. The van der Waals surface area contributed by atoms with E-state index in [0.29, 0.717) is 5.56 Å². The zero-order valence-electron chi connectivity index (χ0n) is 10.5. The van der Waals surface area contributed by atoms with Gasteiger partial charge in [-0.1, -0.05) is 18.2 Å². The number of fused-ring (bicyclic) bond motifs is 3. The SMILES string of the molecule is O=Cc1ccc(-n2ncc3sc4ccccc4c32)cc1. The van der Waals surface area contributed by atoms with Crippen molar-refractivity contribution in [2.75, 3.05) is 0 Å². The summed E-state index contributed by atoms with van der Waals surface area (Å²) < 4.78 is 4.37. The van der Waals surface area contributed by atoms with Crippen LogP contribution in [0.25, 0.3) is 26.0 Å². The minimum atomic E-state index is 0.673. The monoisotopic (exact) mass is 278 g/mol. The van der Waals surface area contributed by atoms with Crippen LogP contribution >= 0.6 is 11.3 Å². The molecule has 2 heterocycles. The van der Waals surface area contributed by atoms with Crippen LogP contribution in [-0.2, 0) is 0 Å². The molecule has 0 unspecified atom stereocenters. The molecule has 0 radical (unpaired) electrons. The molecule has 0 bridgehead atoms. The fourth-order valence-electron chi connectivity index (χ4n) is 2.41. The van der Waals surface area contributed by atoms with Gasteiger partial charge < -0.3 is 0 Å². The van der Waals surface area contributed by atoms with Crippen molar-refractivity contribution in [3.05, 3.63) is 60.3 Å². The van der Waals surface area contributed by atoms with Crippen molar-refractivity contribution in [3.63, 3.8) is 0 Å². The quantitative estimate of drug-likeness (QED) is 0.518. The van der Waals surface area contributed by atoms with Gasteiger partial charge in [-0.05, 0) is 30.3 Å². The molecule has 4 heteroatoms. The number of benzene rings is 2. The maximum Gasteiger partial charge on any atom is 0.150 e. The highest BCUT2D eigenvalue weighted by Gasteiger charge is 2.11. The molecule has 4 rings (SSSR count). The molecule has 0 atom stereocenters. The summed E-state index contributed by atoms with van der Waals surface area (Å²) in [6.45, 7) is 0. The molecule has 0 aliphatic heterocycles. The summed E-state index contributed by atoms with van der Waals surface area (Å²) in [5.74, 6) is 0. The van der Waals surface area contributed by atoms with Crippen molar-refractivity contribution in [1.82, 2.24) is 9.78 Å².